The summed E-state index contributed by atoms with van der Waals surface area (Å²) in [4.78, 5) is 11.9. The van der Waals surface area contributed by atoms with Gasteiger partial charge in [-0.3, -0.25) is 4.79 Å². The lowest BCUT2D eigenvalue weighted by molar-refractivity contribution is -0.123. The lowest BCUT2D eigenvalue weighted by Crippen LogP contribution is -2.36. The Morgan fingerprint density at radius 1 is 1.39 bits per heavy atom. The molecule has 0 saturated carbocycles. The Balaban J connectivity index is 2.21. The van der Waals surface area contributed by atoms with Gasteiger partial charge < -0.3 is 15.4 Å². The summed E-state index contributed by atoms with van der Waals surface area (Å²) in [7, 11) is 1.69. The molecule has 0 radical (unpaired) electrons. The van der Waals surface area contributed by atoms with Crippen LogP contribution in [-0.4, -0.2) is 38.8 Å². The van der Waals surface area contributed by atoms with Crippen molar-refractivity contribution in [3.63, 3.8) is 0 Å². The molecule has 0 aromatic rings. The van der Waals surface area contributed by atoms with Gasteiger partial charge in [0.2, 0.25) is 5.91 Å². The number of rotatable bonds is 7. The van der Waals surface area contributed by atoms with Gasteiger partial charge in [0.15, 0.2) is 0 Å². The minimum Gasteiger partial charge on any atom is -0.385 e. The molecule has 0 bridgehead atoms. The Morgan fingerprint density at radius 3 is 2.67 bits per heavy atom. The van der Waals surface area contributed by atoms with Crippen molar-refractivity contribution in [1.29, 1.82) is 0 Å². The van der Waals surface area contributed by atoms with Gasteiger partial charge in [-0.15, -0.1) is 0 Å². The number of methoxy groups -OCH3 is 1. The zero-order chi connectivity index (χ0) is 13.4. The number of carbonyl (C=O) groups is 1. The molecule has 106 valence electrons. The number of nitrogens with one attached hydrogen (secondary N) is 2. The summed E-state index contributed by atoms with van der Waals surface area (Å²) in [6.07, 6.45) is 3.94. The van der Waals surface area contributed by atoms with E-state index in [1.165, 1.54) is 12.8 Å². The monoisotopic (exact) mass is 256 g/mol. The number of amides is 1. The predicted molar refractivity (Wildman–Crippen MR) is 73.5 cm³/mol. The molecule has 2 unspecified atom stereocenters. The SMILES string of the molecule is COCCC(C)NC(=O)CC(C)C1CCNCC1. The smallest absolute Gasteiger partial charge is 0.220 e. The summed E-state index contributed by atoms with van der Waals surface area (Å²) in [6.45, 7) is 7.13. The Morgan fingerprint density at radius 2 is 2.06 bits per heavy atom. The fraction of sp³-hybridized carbons (Fsp3) is 0.929. The highest BCUT2D eigenvalue weighted by Gasteiger charge is 2.22. The molecular formula is C14H28N2O2. The molecule has 2 atom stereocenters. The van der Waals surface area contributed by atoms with Crippen molar-refractivity contribution in [3.05, 3.63) is 0 Å². The van der Waals surface area contributed by atoms with Crippen molar-refractivity contribution in [2.45, 2.75) is 45.6 Å². The van der Waals surface area contributed by atoms with Gasteiger partial charge in [-0.1, -0.05) is 6.92 Å². The second-order valence-electron chi connectivity index (χ2n) is 5.52. The van der Waals surface area contributed by atoms with E-state index in [4.69, 9.17) is 4.74 Å². The molecule has 0 aromatic carbocycles. The molecule has 2 N–H and O–H groups in total. The van der Waals surface area contributed by atoms with E-state index in [2.05, 4.69) is 17.6 Å². The summed E-state index contributed by atoms with van der Waals surface area (Å²) in [5.74, 6) is 1.37. The van der Waals surface area contributed by atoms with Crippen LogP contribution in [0, 0.1) is 11.8 Å². The number of ether oxygens (including phenoxy) is 1. The van der Waals surface area contributed by atoms with Crippen LogP contribution < -0.4 is 10.6 Å². The van der Waals surface area contributed by atoms with Crippen LogP contribution in [-0.2, 0) is 9.53 Å². The van der Waals surface area contributed by atoms with E-state index in [1.54, 1.807) is 7.11 Å². The maximum absolute atomic E-state index is 11.9. The lowest BCUT2D eigenvalue weighted by Gasteiger charge is -2.28. The zero-order valence-corrected chi connectivity index (χ0v) is 12.0. The van der Waals surface area contributed by atoms with Crippen molar-refractivity contribution in [2.24, 2.45) is 11.8 Å². The van der Waals surface area contributed by atoms with Crippen LogP contribution in [0.5, 0.6) is 0 Å². The molecular weight excluding hydrogens is 228 g/mol. The highest BCUT2D eigenvalue weighted by molar-refractivity contribution is 5.76. The minimum absolute atomic E-state index is 0.185. The van der Waals surface area contributed by atoms with Gasteiger partial charge in [0.05, 0.1) is 0 Å². The highest BCUT2D eigenvalue weighted by Crippen LogP contribution is 2.24. The first-order valence-corrected chi connectivity index (χ1v) is 7.12. The maximum atomic E-state index is 11.9. The Bertz CT molecular complexity index is 240. The first kappa shape index (κ1) is 15.4. The van der Waals surface area contributed by atoms with Gasteiger partial charge in [0.25, 0.3) is 0 Å². The van der Waals surface area contributed by atoms with E-state index in [9.17, 15) is 4.79 Å². The number of piperidine rings is 1. The summed E-state index contributed by atoms with van der Waals surface area (Å²) in [5, 5.41) is 6.41. The first-order chi connectivity index (χ1) is 8.63. The van der Waals surface area contributed by atoms with Crippen LogP contribution in [0.4, 0.5) is 0 Å². The molecule has 1 aliphatic rings. The van der Waals surface area contributed by atoms with Gasteiger partial charge in [0, 0.05) is 26.2 Å². The normalized spacial score (nSPS) is 20.4. The van der Waals surface area contributed by atoms with Gasteiger partial charge in [-0.25, -0.2) is 0 Å². The maximum Gasteiger partial charge on any atom is 0.220 e. The third-order valence-corrected chi connectivity index (χ3v) is 3.86. The van der Waals surface area contributed by atoms with Gasteiger partial charge in [0.1, 0.15) is 0 Å². The third-order valence-electron chi connectivity index (χ3n) is 3.86. The van der Waals surface area contributed by atoms with E-state index < -0.39 is 0 Å². The minimum atomic E-state index is 0.185. The first-order valence-electron chi connectivity index (χ1n) is 7.12. The summed E-state index contributed by atoms with van der Waals surface area (Å²) < 4.78 is 5.01. The molecule has 1 amide bonds. The van der Waals surface area contributed by atoms with Crippen LogP contribution in [0.1, 0.15) is 39.5 Å². The quantitative estimate of drug-likeness (QED) is 0.726. The molecule has 0 aliphatic carbocycles. The average molecular weight is 256 g/mol. The van der Waals surface area contributed by atoms with E-state index in [0.717, 1.165) is 19.5 Å². The summed E-state index contributed by atoms with van der Waals surface area (Å²) in [5.41, 5.74) is 0. The molecule has 1 fully saturated rings. The van der Waals surface area contributed by atoms with E-state index in [1.807, 2.05) is 6.92 Å². The second kappa shape index (κ2) is 8.48. The molecule has 1 saturated heterocycles. The predicted octanol–water partition coefficient (Wildman–Crippen LogP) is 1.55. The number of carbonyl (C=O) groups excluding carboxylic acids is 1. The fourth-order valence-electron chi connectivity index (χ4n) is 2.57. The van der Waals surface area contributed by atoms with Crippen LogP contribution in [0.15, 0.2) is 0 Å². The molecule has 0 spiro atoms. The van der Waals surface area contributed by atoms with Crippen molar-refractivity contribution >= 4 is 5.91 Å². The van der Waals surface area contributed by atoms with Crippen molar-refractivity contribution in [2.75, 3.05) is 26.8 Å². The fourth-order valence-corrected chi connectivity index (χ4v) is 2.57. The topological polar surface area (TPSA) is 50.4 Å². The molecule has 1 heterocycles. The second-order valence-corrected chi connectivity index (χ2v) is 5.52. The van der Waals surface area contributed by atoms with Crippen molar-refractivity contribution in [1.82, 2.24) is 10.6 Å². The van der Waals surface area contributed by atoms with Gasteiger partial charge in [-0.05, 0) is 51.1 Å². The van der Waals surface area contributed by atoms with Crippen LogP contribution in [0.3, 0.4) is 0 Å². The third kappa shape index (κ3) is 5.83. The average Bonchev–Trinajstić information content (AvgIpc) is 2.37. The molecule has 1 aliphatic heterocycles. The largest absolute Gasteiger partial charge is 0.385 e. The molecule has 4 heteroatoms. The van der Waals surface area contributed by atoms with Gasteiger partial charge in [-0.2, -0.15) is 0 Å². The summed E-state index contributed by atoms with van der Waals surface area (Å²) in [6, 6.07) is 0.206. The van der Waals surface area contributed by atoms with E-state index in [0.29, 0.717) is 24.9 Å². The highest BCUT2D eigenvalue weighted by atomic mass is 16.5. The Labute approximate surface area is 111 Å². The standard InChI is InChI=1S/C14H28N2O2/c1-11(13-4-7-15-8-5-13)10-14(17)16-12(2)6-9-18-3/h11-13,15H,4-10H2,1-3H3,(H,16,17). The van der Waals surface area contributed by atoms with E-state index in [-0.39, 0.29) is 11.9 Å². The number of hydrogen-bond donors (Lipinski definition) is 2. The van der Waals surface area contributed by atoms with Crippen LogP contribution >= 0.6 is 0 Å². The molecule has 18 heavy (non-hydrogen) atoms. The number of hydrogen-bond acceptors (Lipinski definition) is 3. The molecule has 0 aromatic heterocycles. The zero-order valence-electron chi connectivity index (χ0n) is 12.0. The van der Waals surface area contributed by atoms with Crippen molar-refractivity contribution < 1.29 is 9.53 Å². The Hall–Kier alpha value is -0.610. The summed E-state index contributed by atoms with van der Waals surface area (Å²) >= 11 is 0. The lowest BCUT2D eigenvalue weighted by atomic mass is 9.84. The van der Waals surface area contributed by atoms with Crippen LogP contribution in [0.25, 0.3) is 0 Å². The van der Waals surface area contributed by atoms with E-state index >= 15 is 0 Å². The van der Waals surface area contributed by atoms with Gasteiger partial charge >= 0.3 is 0 Å². The molecule has 4 nitrogen and oxygen atoms in total. The molecule has 1 rings (SSSR count). The van der Waals surface area contributed by atoms with Crippen molar-refractivity contribution in [3.8, 4) is 0 Å². The van der Waals surface area contributed by atoms with Crippen LogP contribution in [0.2, 0.25) is 0 Å². The Kier molecular flexibility index (Phi) is 7.28.